The van der Waals surface area contributed by atoms with Gasteiger partial charge in [-0.1, -0.05) is 40.9 Å². The average Bonchev–Trinajstić information content (AvgIpc) is 2.99. The van der Waals surface area contributed by atoms with Gasteiger partial charge in [-0.05, 0) is 48.5 Å². The van der Waals surface area contributed by atoms with Gasteiger partial charge in [0.2, 0.25) is 4.77 Å². The molecule has 6 nitrogen and oxygen atoms in total. The summed E-state index contributed by atoms with van der Waals surface area (Å²) < 4.78 is 13.5. The number of hydrogen-bond acceptors (Lipinski definition) is 5. The zero-order valence-electron chi connectivity index (χ0n) is 15.1. The van der Waals surface area contributed by atoms with Crippen LogP contribution in [-0.2, 0) is 13.2 Å². The van der Waals surface area contributed by atoms with Gasteiger partial charge in [-0.3, -0.25) is 5.10 Å². The van der Waals surface area contributed by atoms with Crippen LogP contribution >= 0.6 is 47.0 Å². The predicted molar refractivity (Wildman–Crippen MR) is 114 cm³/mol. The van der Waals surface area contributed by atoms with Gasteiger partial charge in [0.1, 0.15) is 12.4 Å². The van der Waals surface area contributed by atoms with Crippen molar-refractivity contribution in [3.63, 3.8) is 0 Å². The third-order valence-electron chi connectivity index (χ3n) is 3.98. The van der Waals surface area contributed by atoms with Crippen LogP contribution in [0.2, 0.25) is 15.1 Å². The number of benzene rings is 2. The van der Waals surface area contributed by atoms with Gasteiger partial charge in [0.05, 0.1) is 23.7 Å². The van der Waals surface area contributed by atoms with E-state index in [-0.39, 0.29) is 0 Å². The van der Waals surface area contributed by atoms with Crippen LogP contribution in [0.4, 0.5) is 0 Å². The number of rotatable bonds is 7. The minimum absolute atomic E-state index is 0.296. The number of hydrogen-bond donors (Lipinski definition) is 2. The highest BCUT2D eigenvalue weighted by Gasteiger charge is 2.12. The van der Waals surface area contributed by atoms with Crippen LogP contribution in [0.25, 0.3) is 0 Å². The Morgan fingerprint density at radius 3 is 2.54 bits per heavy atom. The molecule has 0 bridgehead atoms. The van der Waals surface area contributed by atoms with Crippen molar-refractivity contribution in [1.29, 1.82) is 0 Å². The molecule has 0 unspecified atom stereocenters. The highest BCUT2D eigenvalue weighted by atomic mass is 35.5. The van der Waals surface area contributed by atoms with E-state index in [0.29, 0.717) is 44.5 Å². The van der Waals surface area contributed by atoms with E-state index in [1.807, 2.05) is 19.1 Å². The minimum Gasteiger partial charge on any atom is -0.493 e. The number of aromatic nitrogens is 3. The molecular formula is C18H17Cl3N4O2S. The van der Waals surface area contributed by atoms with Gasteiger partial charge in [0.25, 0.3) is 0 Å². The van der Waals surface area contributed by atoms with Gasteiger partial charge in [-0.25, -0.2) is 4.68 Å². The second kappa shape index (κ2) is 9.05. The molecule has 0 atom stereocenters. The zero-order chi connectivity index (χ0) is 20.3. The van der Waals surface area contributed by atoms with Crippen LogP contribution in [0.1, 0.15) is 17.0 Å². The van der Waals surface area contributed by atoms with E-state index in [2.05, 4.69) is 15.6 Å². The summed E-state index contributed by atoms with van der Waals surface area (Å²) in [6.45, 7) is 2.56. The van der Waals surface area contributed by atoms with E-state index in [1.165, 1.54) is 0 Å². The van der Waals surface area contributed by atoms with Crippen molar-refractivity contribution in [3.05, 3.63) is 67.1 Å². The van der Waals surface area contributed by atoms with Crippen molar-refractivity contribution < 1.29 is 9.47 Å². The van der Waals surface area contributed by atoms with Crippen molar-refractivity contribution in [2.75, 3.05) is 12.5 Å². The smallest absolute Gasteiger partial charge is 0.214 e. The fraction of sp³-hybridized carbons (Fsp3) is 0.222. The lowest BCUT2D eigenvalue weighted by molar-refractivity contribution is 0.284. The van der Waals surface area contributed by atoms with Crippen molar-refractivity contribution >= 4 is 47.0 Å². The summed E-state index contributed by atoms with van der Waals surface area (Å²) >= 11 is 23.6. The van der Waals surface area contributed by atoms with Gasteiger partial charge >= 0.3 is 0 Å². The van der Waals surface area contributed by atoms with E-state index in [9.17, 15) is 0 Å². The first-order valence-corrected chi connectivity index (χ1v) is 9.74. The Bertz CT molecular complexity index is 1050. The lowest BCUT2D eigenvalue weighted by atomic mass is 10.2. The monoisotopic (exact) mass is 458 g/mol. The Hall–Kier alpha value is -1.93. The lowest BCUT2D eigenvalue weighted by Crippen LogP contribution is -2.16. The first-order valence-electron chi connectivity index (χ1n) is 8.20. The third kappa shape index (κ3) is 4.72. The fourth-order valence-electron chi connectivity index (χ4n) is 2.50. The Balaban J connectivity index is 1.75. The van der Waals surface area contributed by atoms with E-state index >= 15 is 0 Å². The molecule has 3 aromatic rings. The van der Waals surface area contributed by atoms with Crippen molar-refractivity contribution in [2.45, 2.75) is 20.1 Å². The topological polar surface area (TPSA) is 64.1 Å². The highest BCUT2D eigenvalue weighted by molar-refractivity contribution is 7.71. The SMILES string of the molecule is COc1cc(CNn2c(C)n[nH]c2=S)c(Cl)cc1OCc1ccc(Cl)c(Cl)c1. The number of aryl methyl sites for hydroxylation is 1. The molecule has 148 valence electrons. The summed E-state index contributed by atoms with van der Waals surface area (Å²) in [7, 11) is 1.57. The molecule has 2 aromatic carbocycles. The Labute approximate surface area is 182 Å². The molecule has 2 N–H and O–H groups in total. The molecular weight excluding hydrogens is 443 g/mol. The maximum absolute atomic E-state index is 6.43. The molecule has 0 saturated heterocycles. The molecule has 0 radical (unpaired) electrons. The van der Waals surface area contributed by atoms with Crippen molar-refractivity contribution in [3.8, 4) is 11.5 Å². The van der Waals surface area contributed by atoms with Crippen LogP contribution in [0.15, 0.2) is 30.3 Å². The van der Waals surface area contributed by atoms with E-state index in [4.69, 9.17) is 56.5 Å². The second-order valence-corrected chi connectivity index (χ2v) is 7.49. The maximum Gasteiger partial charge on any atom is 0.214 e. The molecule has 0 spiro atoms. The zero-order valence-corrected chi connectivity index (χ0v) is 18.1. The normalized spacial score (nSPS) is 10.8. The largest absolute Gasteiger partial charge is 0.493 e. The molecule has 3 rings (SSSR count). The molecule has 1 aromatic heterocycles. The van der Waals surface area contributed by atoms with E-state index in [0.717, 1.165) is 17.0 Å². The third-order valence-corrected chi connectivity index (χ3v) is 5.34. The van der Waals surface area contributed by atoms with Gasteiger partial charge in [0, 0.05) is 11.1 Å². The van der Waals surface area contributed by atoms with E-state index < -0.39 is 0 Å². The minimum atomic E-state index is 0.296. The van der Waals surface area contributed by atoms with Crippen LogP contribution in [0.3, 0.4) is 0 Å². The quantitative estimate of drug-likeness (QED) is 0.454. The van der Waals surface area contributed by atoms with Gasteiger partial charge in [-0.15, -0.1) is 0 Å². The first kappa shape index (κ1) is 20.8. The fourth-order valence-corrected chi connectivity index (χ4v) is 3.29. The molecule has 0 fully saturated rings. The molecule has 0 saturated carbocycles. The summed E-state index contributed by atoms with van der Waals surface area (Å²) in [5.74, 6) is 1.81. The second-order valence-electron chi connectivity index (χ2n) is 5.88. The highest BCUT2D eigenvalue weighted by Crippen LogP contribution is 2.34. The van der Waals surface area contributed by atoms with Crippen LogP contribution in [-0.4, -0.2) is 22.0 Å². The number of aromatic amines is 1. The Morgan fingerprint density at radius 2 is 1.89 bits per heavy atom. The molecule has 1 heterocycles. The van der Waals surface area contributed by atoms with Gasteiger partial charge in [0.15, 0.2) is 11.5 Å². The van der Waals surface area contributed by atoms with Gasteiger partial charge < -0.3 is 14.9 Å². The Kier molecular flexibility index (Phi) is 6.72. The number of halogens is 3. The number of ether oxygens (including phenoxy) is 2. The van der Waals surface area contributed by atoms with Crippen LogP contribution in [0, 0.1) is 11.7 Å². The summed E-state index contributed by atoms with van der Waals surface area (Å²) in [6, 6.07) is 8.87. The summed E-state index contributed by atoms with van der Waals surface area (Å²) in [5.41, 5.74) is 4.87. The number of methoxy groups -OCH3 is 1. The summed E-state index contributed by atoms with van der Waals surface area (Å²) in [5, 5.41) is 8.27. The number of nitrogens with one attached hydrogen (secondary N) is 2. The lowest BCUT2D eigenvalue weighted by Gasteiger charge is -2.15. The molecule has 0 amide bonds. The number of H-pyrrole nitrogens is 1. The molecule has 0 aliphatic carbocycles. The molecule has 0 aliphatic rings. The molecule has 28 heavy (non-hydrogen) atoms. The summed E-state index contributed by atoms with van der Waals surface area (Å²) in [4.78, 5) is 0. The van der Waals surface area contributed by atoms with Crippen molar-refractivity contribution in [2.24, 2.45) is 0 Å². The Morgan fingerprint density at radius 1 is 1.11 bits per heavy atom. The predicted octanol–water partition coefficient (Wildman–Crippen LogP) is 5.54. The van der Waals surface area contributed by atoms with Crippen LogP contribution in [0.5, 0.6) is 11.5 Å². The maximum atomic E-state index is 6.43. The molecule has 10 heteroatoms. The van der Waals surface area contributed by atoms with E-state index in [1.54, 1.807) is 30.0 Å². The first-order chi connectivity index (χ1) is 13.4. The standard InChI is InChI=1S/C18H17Cl3N4O2S/c1-10-23-24-18(28)25(10)22-8-12-6-16(26-2)17(7-14(12)20)27-9-11-3-4-13(19)15(21)5-11/h3-7,22H,8-9H2,1-2H3,(H,24,28). The molecule has 0 aliphatic heterocycles. The summed E-state index contributed by atoms with van der Waals surface area (Å²) in [6.07, 6.45) is 0. The number of nitrogens with zero attached hydrogens (tertiary/aromatic N) is 2. The average molecular weight is 460 g/mol. The van der Waals surface area contributed by atoms with Crippen molar-refractivity contribution in [1.82, 2.24) is 14.9 Å². The van der Waals surface area contributed by atoms with Crippen LogP contribution < -0.4 is 14.9 Å². The van der Waals surface area contributed by atoms with Gasteiger partial charge in [-0.2, -0.15) is 5.10 Å².